The van der Waals surface area contributed by atoms with Crippen LogP contribution in [0.15, 0.2) is 97.1 Å². The molecule has 0 N–H and O–H groups in total. The van der Waals surface area contributed by atoms with Gasteiger partial charge in [0.1, 0.15) is 0 Å². The Bertz CT molecular complexity index is 1500. The van der Waals surface area contributed by atoms with Gasteiger partial charge in [-0.1, -0.05) is 111 Å². The number of hydrogen-bond donors (Lipinski definition) is 0. The lowest BCUT2D eigenvalue weighted by Crippen LogP contribution is -1.92. The summed E-state index contributed by atoms with van der Waals surface area (Å²) in [5, 5.41) is 7.27. The fraction of sp³-hybridized carbons (Fsp3) is 0.100. The maximum absolute atomic E-state index is 5.27. The summed E-state index contributed by atoms with van der Waals surface area (Å²) in [6.45, 7) is 4.48. The molecule has 1 heteroatoms. The molecule has 5 aromatic carbocycles. The highest BCUT2D eigenvalue weighted by molar-refractivity contribution is 6.21. The van der Waals surface area contributed by atoms with Crippen LogP contribution < -0.4 is 0 Å². The molecular weight excluding hydrogens is 374 g/mol. The fourth-order valence-electron chi connectivity index (χ4n) is 4.76. The van der Waals surface area contributed by atoms with Gasteiger partial charge in [0.2, 0.25) is 0 Å². The van der Waals surface area contributed by atoms with Crippen molar-refractivity contribution in [3.8, 4) is 11.1 Å². The van der Waals surface area contributed by atoms with Crippen LogP contribution in [0.25, 0.3) is 54.5 Å². The molecule has 0 atom stereocenters. The largest absolute Gasteiger partial charge is 0.246 e. The minimum atomic E-state index is 0.521. The third-order valence-corrected chi connectivity index (χ3v) is 6.43. The Kier molecular flexibility index (Phi) is 4.04. The molecule has 1 aromatic heterocycles. The maximum atomic E-state index is 5.27. The predicted octanol–water partition coefficient (Wildman–Crippen LogP) is 8.48. The van der Waals surface area contributed by atoms with Gasteiger partial charge in [0.25, 0.3) is 0 Å². The quantitative estimate of drug-likeness (QED) is 0.211. The number of benzene rings is 5. The number of hydrogen-bond acceptors (Lipinski definition) is 1. The molecule has 0 fully saturated rings. The molecule has 0 saturated carbocycles. The van der Waals surface area contributed by atoms with Crippen LogP contribution in [0.1, 0.15) is 25.3 Å². The summed E-state index contributed by atoms with van der Waals surface area (Å²) in [7, 11) is 0. The average Bonchev–Trinajstić information content (AvgIpc) is 2.82. The first-order chi connectivity index (χ1) is 15.2. The van der Waals surface area contributed by atoms with Crippen molar-refractivity contribution in [2.45, 2.75) is 19.8 Å². The van der Waals surface area contributed by atoms with Gasteiger partial charge in [-0.05, 0) is 27.8 Å². The molecule has 31 heavy (non-hydrogen) atoms. The van der Waals surface area contributed by atoms with E-state index in [1.165, 1.54) is 49.0 Å². The van der Waals surface area contributed by atoms with Crippen LogP contribution >= 0.6 is 0 Å². The van der Waals surface area contributed by atoms with Crippen molar-refractivity contribution >= 4 is 43.4 Å². The van der Waals surface area contributed by atoms with Gasteiger partial charge in [0, 0.05) is 27.1 Å². The lowest BCUT2D eigenvalue weighted by molar-refractivity contribution is 0.867. The molecule has 1 heterocycles. The van der Waals surface area contributed by atoms with Crippen LogP contribution in [0.2, 0.25) is 0 Å². The summed E-state index contributed by atoms with van der Waals surface area (Å²) >= 11 is 0. The van der Waals surface area contributed by atoms with Crippen LogP contribution in [-0.4, -0.2) is 4.98 Å². The van der Waals surface area contributed by atoms with Crippen molar-refractivity contribution in [3.05, 3.63) is 103 Å². The zero-order chi connectivity index (χ0) is 20.9. The molecule has 6 aromatic rings. The molecule has 0 spiro atoms. The zero-order valence-electron chi connectivity index (χ0n) is 17.8. The molecule has 148 valence electrons. The summed E-state index contributed by atoms with van der Waals surface area (Å²) in [6.07, 6.45) is 0. The SMILES string of the molecule is CC(C)c1ccc(-c2c3ccc4ccccc4c3nc3c2ccc2ccccc23)cc1. The van der Waals surface area contributed by atoms with Crippen molar-refractivity contribution in [1.29, 1.82) is 0 Å². The number of aromatic nitrogens is 1. The smallest absolute Gasteiger partial charge is 0.0794 e. The van der Waals surface area contributed by atoms with Gasteiger partial charge in [0.05, 0.1) is 11.0 Å². The van der Waals surface area contributed by atoms with Crippen molar-refractivity contribution in [3.63, 3.8) is 0 Å². The molecule has 0 aliphatic rings. The Balaban J connectivity index is 1.81. The second-order valence-corrected chi connectivity index (χ2v) is 8.63. The fourth-order valence-corrected chi connectivity index (χ4v) is 4.76. The minimum absolute atomic E-state index is 0.521. The first kappa shape index (κ1) is 18.1. The highest BCUT2D eigenvalue weighted by Gasteiger charge is 2.15. The standard InChI is InChI=1S/C30H23N/c1-19(2)20-11-13-23(14-12-20)28-26-17-15-21-7-3-5-9-24(21)29(26)31-30-25-10-6-4-8-22(25)16-18-27(28)30/h3-19H,1-2H3. The number of nitrogens with zero attached hydrogens (tertiary/aromatic N) is 1. The normalized spacial score (nSPS) is 11.8. The van der Waals surface area contributed by atoms with E-state index in [0.717, 1.165) is 11.0 Å². The van der Waals surface area contributed by atoms with Crippen molar-refractivity contribution < 1.29 is 0 Å². The monoisotopic (exact) mass is 397 g/mol. The lowest BCUT2D eigenvalue weighted by Gasteiger charge is -2.15. The first-order valence-corrected chi connectivity index (χ1v) is 10.9. The molecule has 0 saturated heterocycles. The molecular formula is C30H23N. The van der Waals surface area contributed by atoms with E-state index in [2.05, 4.69) is 111 Å². The van der Waals surface area contributed by atoms with Gasteiger partial charge >= 0.3 is 0 Å². The van der Waals surface area contributed by atoms with E-state index in [0.29, 0.717) is 5.92 Å². The zero-order valence-corrected chi connectivity index (χ0v) is 17.8. The topological polar surface area (TPSA) is 12.9 Å². The van der Waals surface area contributed by atoms with Gasteiger partial charge in [-0.25, -0.2) is 4.98 Å². The Hall–Kier alpha value is -3.71. The Morgan fingerprint density at radius 3 is 1.55 bits per heavy atom. The lowest BCUT2D eigenvalue weighted by atomic mass is 9.91. The molecule has 0 unspecified atom stereocenters. The number of fused-ring (bicyclic) bond motifs is 6. The van der Waals surface area contributed by atoms with E-state index >= 15 is 0 Å². The van der Waals surface area contributed by atoms with Crippen molar-refractivity contribution in [2.24, 2.45) is 0 Å². The van der Waals surface area contributed by atoms with Gasteiger partial charge in [0.15, 0.2) is 0 Å². The Morgan fingerprint density at radius 2 is 1.03 bits per heavy atom. The number of pyridine rings is 1. The summed E-state index contributed by atoms with van der Waals surface area (Å²) in [6, 6.07) is 35.1. The predicted molar refractivity (Wildman–Crippen MR) is 134 cm³/mol. The first-order valence-electron chi connectivity index (χ1n) is 10.9. The van der Waals surface area contributed by atoms with E-state index in [1.807, 2.05) is 0 Å². The summed E-state index contributed by atoms with van der Waals surface area (Å²) in [5.41, 5.74) is 6.02. The van der Waals surface area contributed by atoms with E-state index in [-0.39, 0.29) is 0 Å². The van der Waals surface area contributed by atoms with Crippen LogP contribution in [0.4, 0.5) is 0 Å². The van der Waals surface area contributed by atoms with E-state index < -0.39 is 0 Å². The molecule has 0 aliphatic carbocycles. The molecule has 0 amide bonds. The third-order valence-electron chi connectivity index (χ3n) is 6.43. The van der Waals surface area contributed by atoms with E-state index in [1.54, 1.807) is 0 Å². The Morgan fingerprint density at radius 1 is 0.516 bits per heavy atom. The maximum Gasteiger partial charge on any atom is 0.0794 e. The second-order valence-electron chi connectivity index (χ2n) is 8.63. The van der Waals surface area contributed by atoms with Crippen molar-refractivity contribution in [2.75, 3.05) is 0 Å². The molecule has 6 rings (SSSR count). The van der Waals surface area contributed by atoms with Gasteiger partial charge in [-0.15, -0.1) is 0 Å². The van der Waals surface area contributed by atoms with Gasteiger partial charge in [-0.2, -0.15) is 0 Å². The van der Waals surface area contributed by atoms with Crippen LogP contribution in [0, 0.1) is 0 Å². The Labute approximate surface area is 182 Å². The molecule has 0 bridgehead atoms. The van der Waals surface area contributed by atoms with E-state index in [4.69, 9.17) is 4.98 Å². The molecule has 1 nitrogen and oxygen atoms in total. The summed E-state index contributed by atoms with van der Waals surface area (Å²) in [4.78, 5) is 5.27. The molecule has 0 radical (unpaired) electrons. The highest BCUT2D eigenvalue weighted by Crippen LogP contribution is 2.39. The molecule has 0 aliphatic heterocycles. The van der Waals surface area contributed by atoms with Gasteiger partial charge < -0.3 is 0 Å². The minimum Gasteiger partial charge on any atom is -0.246 e. The number of rotatable bonds is 2. The van der Waals surface area contributed by atoms with Crippen LogP contribution in [-0.2, 0) is 0 Å². The van der Waals surface area contributed by atoms with Crippen molar-refractivity contribution in [1.82, 2.24) is 4.98 Å². The van der Waals surface area contributed by atoms with Crippen LogP contribution in [0.5, 0.6) is 0 Å². The highest BCUT2D eigenvalue weighted by atomic mass is 14.7. The third kappa shape index (κ3) is 2.81. The second kappa shape index (κ2) is 6.92. The van der Waals surface area contributed by atoms with Crippen LogP contribution in [0.3, 0.4) is 0 Å². The van der Waals surface area contributed by atoms with Gasteiger partial charge in [-0.3, -0.25) is 0 Å². The summed E-state index contributed by atoms with van der Waals surface area (Å²) in [5.74, 6) is 0.521. The van der Waals surface area contributed by atoms with E-state index in [9.17, 15) is 0 Å². The summed E-state index contributed by atoms with van der Waals surface area (Å²) < 4.78 is 0. The average molecular weight is 398 g/mol.